The number of carbonyl (C=O) groups is 3. The van der Waals surface area contributed by atoms with Crippen molar-refractivity contribution < 1.29 is 29.7 Å². The molecular formula is C5H7NO6. The van der Waals surface area contributed by atoms with Gasteiger partial charge in [-0.2, -0.15) is 0 Å². The summed E-state index contributed by atoms with van der Waals surface area (Å²) < 4.78 is 0. The standard InChI is InChI=1S/C3H5NO2.C2H2O4/c1-4-2-3(5)6;3-1(4)2(5)6/h1-2H2,(H,5,6);(H,3,4)(H,5,6). The quantitative estimate of drug-likeness (QED) is 0.364. The molecule has 0 radical (unpaired) electrons. The maximum absolute atomic E-state index is 9.47. The molecule has 0 spiro atoms. The zero-order valence-corrected chi connectivity index (χ0v) is 5.93. The molecule has 0 aliphatic rings. The van der Waals surface area contributed by atoms with Crippen LogP contribution in [0.25, 0.3) is 0 Å². The van der Waals surface area contributed by atoms with Crippen LogP contribution in [0.5, 0.6) is 0 Å². The lowest BCUT2D eigenvalue weighted by Gasteiger charge is -1.75. The topological polar surface area (TPSA) is 124 Å². The number of aliphatic carboxylic acids is 3. The van der Waals surface area contributed by atoms with Gasteiger partial charge in [0.25, 0.3) is 0 Å². The molecule has 7 heteroatoms. The molecule has 0 saturated heterocycles. The molecule has 68 valence electrons. The van der Waals surface area contributed by atoms with Gasteiger partial charge in [0.05, 0.1) is 0 Å². The van der Waals surface area contributed by atoms with Crippen LogP contribution in [0.4, 0.5) is 0 Å². The summed E-state index contributed by atoms with van der Waals surface area (Å²) in [6.07, 6.45) is 0. The largest absolute Gasteiger partial charge is 0.480 e. The average molecular weight is 177 g/mol. The van der Waals surface area contributed by atoms with E-state index >= 15 is 0 Å². The van der Waals surface area contributed by atoms with Crippen molar-refractivity contribution in [1.29, 1.82) is 0 Å². The van der Waals surface area contributed by atoms with Crippen LogP contribution in [0, 0.1) is 0 Å². The Hall–Kier alpha value is -1.92. The van der Waals surface area contributed by atoms with E-state index in [0.717, 1.165) is 0 Å². The number of aliphatic imine (C=N–C) groups is 1. The molecule has 7 nitrogen and oxygen atoms in total. The van der Waals surface area contributed by atoms with Gasteiger partial charge in [0.2, 0.25) is 0 Å². The third-order valence-corrected chi connectivity index (χ3v) is 0.430. The minimum absolute atomic E-state index is 0.194. The monoisotopic (exact) mass is 177 g/mol. The highest BCUT2D eigenvalue weighted by atomic mass is 16.4. The van der Waals surface area contributed by atoms with Crippen molar-refractivity contribution in [2.75, 3.05) is 6.54 Å². The number of hydrogen-bond donors (Lipinski definition) is 3. The molecule has 0 fully saturated rings. The highest BCUT2D eigenvalue weighted by molar-refractivity contribution is 6.27. The van der Waals surface area contributed by atoms with Crippen molar-refractivity contribution in [3.63, 3.8) is 0 Å². The molecule has 12 heavy (non-hydrogen) atoms. The van der Waals surface area contributed by atoms with Crippen molar-refractivity contribution in [3.8, 4) is 0 Å². The Morgan fingerprint density at radius 1 is 1.08 bits per heavy atom. The highest BCUT2D eigenvalue weighted by Gasteiger charge is 2.04. The zero-order chi connectivity index (χ0) is 10.1. The number of hydrogen-bond acceptors (Lipinski definition) is 4. The number of carboxylic acids is 3. The molecule has 0 saturated carbocycles. The SMILES string of the molecule is C=NCC(=O)O.O=C(O)C(=O)O. The lowest BCUT2D eigenvalue weighted by Crippen LogP contribution is -2.09. The third-order valence-electron chi connectivity index (χ3n) is 0.430. The average Bonchev–Trinajstić information content (AvgIpc) is 1.87. The fraction of sp³-hybridized carbons (Fsp3) is 0.200. The van der Waals surface area contributed by atoms with Crippen molar-refractivity contribution >= 4 is 24.6 Å². The minimum Gasteiger partial charge on any atom is -0.480 e. The zero-order valence-electron chi connectivity index (χ0n) is 5.93. The first kappa shape index (κ1) is 12.7. The van der Waals surface area contributed by atoms with E-state index in [-0.39, 0.29) is 6.54 Å². The fourth-order valence-electron chi connectivity index (χ4n) is 0.0956. The van der Waals surface area contributed by atoms with Gasteiger partial charge in [-0.3, -0.25) is 9.79 Å². The maximum atomic E-state index is 9.47. The highest BCUT2D eigenvalue weighted by Crippen LogP contribution is 1.60. The van der Waals surface area contributed by atoms with Gasteiger partial charge < -0.3 is 15.3 Å². The van der Waals surface area contributed by atoms with Crippen LogP contribution in [0.2, 0.25) is 0 Å². The minimum atomic E-state index is -1.82. The van der Waals surface area contributed by atoms with Crippen LogP contribution in [0.15, 0.2) is 4.99 Å². The molecule has 0 aromatic rings. The van der Waals surface area contributed by atoms with Gasteiger partial charge >= 0.3 is 17.9 Å². The number of carboxylic acid groups (broad SMARTS) is 3. The second-order valence-corrected chi connectivity index (χ2v) is 1.39. The Labute approximate surface area is 67.0 Å². The summed E-state index contributed by atoms with van der Waals surface area (Å²) in [7, 11) is 0. The number of rotatable bonds is 2. The Morgan fingerprint density at radius 3 is 1.42 bits per heavy atom. The van der Waals surface area contributed by atoms with Gasteiger partial charge in [0.1, 0.15) is 6.54 Å². The second kappa shape index (κ2) is 7.19. The van der Waals surface area contributed by atoms with Crippen LogP contribution in [0.1, 0.15) is 0 Å². The van der Waals surface area contributed by atoms with Crippen LogP contribution in [-0.4, -0.2) is 46.5 Å². The molecule has 0 atom stereocenters. The van der Waals surface area contributed by atoms with E-state index in [4.69, 9.17) is 24.9 Å². The van der Waals surface area contributed by atoms with E-state index in [0.29, 0.717) is 0 Å². The number of nitrogens with zero attached hydrogens (tertiary/aromatic N) is 1. The van der Waals surface area contributed by atoms with Crippen molar-refractivity contribution in [3.05, 3.63) is 0 Å². The Morgan fingerprint density at radius 2 is 1.42 bits per heavy atom. The first-order valence-electron chi connectivity index (χ1n) is 2.52. The van der Waals surface area contributed by atoms with Gasteiger partial charge in [-0.1, -0.05) is 0 Å². The molecule has 0 amide bonds. The normalized spacial score (nSPS) is 7.33. The van der Waals surface area contributed by atoms with E-state index < -0.39 is 17.9 Å². The summed E-state index contributed by atoms with van der Waals surface area (Å²) in [5.74, 6) is -4.59. The lowest BCUT2D eigenvalue weighted by atomic mass is 10.7. The molecule has 0 aliphatic heterocycles. The van der Waals surface area contributed by atoms with Gasteiger partial charge in [0.15, 0.2) is 0 Å². The summed E-state index contributed by atoms with van der Waals surface area (Å²) >= 11 is 0. The first-order valence-corrected chi connectivity index (χ1v) is 2.52. The second-order valence-electron chi connectivity index (χ2n) is 1.39. The van der Waals surface area contributed by atoms with E-state index in [1.807, 2.05) is 0 Å². The summed E-state index contributed by atoms with van der Waals surface area (Å²) in [4.78, 5) is 30.8. The predicted octanol–water partition coefficient (Wildman–Crippen LogP) is -1.07. The Kier molecular flexibility index (Phi) is 7.63. The van der Waals surface area contributed by atoms with E-state index in [2.05, 4.69) is 11.7 Å². The third kappa shape index (κ3) is 15.7. The molecule has 0 aliphatic carbocycles. The van der Waals surface area contributed by atoms with E-state index in [1.165, 1.54) is 0 Å². The van der Waals surface area contributed by atoms with Crippen molar-refractivity contribution in [1.82, 2.24) is 0 Å². The van der Waals surface area contributed by atoms with Crippen LogP contribution < -0.4 is 0 Å². The summed E-state index contributed by atoms with van der Waals surface area (Å²) in [5.41, 5.74) is 0. The van der Waals surface area contributed by atoms with Crippen molar-refractivity contribution in [2.45, 2.75) is 0 Å². The molecule has 0 aromatic heterocycles. The van der Waals surface area contributed by atoms with Gasteiger partial charge in [0, 0.05) is 0 Å². The molecule has 0 aromatic carbocycles. The van der Waals surface area contributed by atoms with E-state index in [9.17, 15) is 4.79 Å². The maximum Gasteiger partial charge on any atom is 0.414 e. The molecule has 0 bridgehead atoms. The smallest absolute Gasteiger partial charge is 0.414 e. The lowest BCUT2D eigenvalue weighted by molar-refractivity contribution is -0.159. The summed E-state index contributed by atoms with van der Waals surface area (Å²) in [6.45, 7) is 2.78. The predicted molar refractivity (Wildman–Crippen MR) is 37.3 cm³/mol. The molecule has 0 rings (SSSR count). The van der Waals surface area contributed by atoms with Crippen LogP contribution in [0.3, 0.4) is 0 Å². The van der Waals surface area contributed by atoms with Crippen LogP contribution >= 0.6 is 0 Å². The molecular weight excluding hydrogens is 170 g/mol. The Bertz CT molecular complexity index is 186. The van der Waals surface area contributed by atoms with Gasteiger partial charge in [-0.15, -0.1) is 0 Å². The molecule has 0 unspecified atom stereocenters. The first-order chi connectivity index (χ1) is 5.41. The van der Waals surface area contributed by atoms with Gasteiger partial charge in [-0.05, 0) is 6.72 Å². The summed E-state index contributed by atoms with van der Waals surface area (Å²) in [6, 6.07) is 0. The molecule has 3 N–H and O–H groups in total. The fourth-order valence-corrected chi connectivity index (χ4v) is 0.0956. The van der Waals surface area contributed by atoms with Crippen LogP contribution in [-0.2, 0) is 14.4 Å². The summed E-state index contributed by atoms with van der Waals surface area (Å²) in [5, 5.41) is 22.6. The Balaban J connectivity index is 0. The van der Waals surface area contributed by atoms with Gasteiger partial charge in [-0.25, -0.2) is 9.59 Å². The van der Waals surface area contributed by atoms with E-state index in [1.54, 1.807) is 0 Å². The van der Waals surface area contributed by atoms with Crippen molar-refractivity contribution in [2.24, 2.45) is 4.99 Å². The molecule has 0 heterocycles.